The molecule has 2 heterocycles. The molecule has 2 aliphatic rings. The molecule has 1 aromatic rings. The summed E-state index contributed by atoms with van der Waals surface area (Å²) >= 11 is 0. The van der Waals surface area contributed by atoms with Gasteiger partial charge in [0.05, 0.1) is 18.7 Å². The van der Waals surface area contributed by atoms with Crippen molar-refractivity contribution < 1.29 is 9.66 Å². The summed E-state index contributed by atoms with van der Waals surface area (Å²) in [5.41, 5.74) is 1.98. The lowest BCUT2D eigenvalue weighted by Gasteiger charge is -2.40. The molecule has 0 unspecified atom stereocenters. The third kappa shape index (κ3) is 4.20. The molecule has 0 bridgehead atoms. The molecule has 2 aliphatic heterocycles. The number of anilines is 1. The van der Waals surface area contributed by atoms with Gasteiger partial charge < -0.3 is 15.0 Å². The summed E-state index contributed by atoms with van der Waals surface area (Å²) in [5, 5.41) is 14.5. The Kier molecular flexibility index (Phi) is 5.72. The van der Waals surface area contributed by atoms with Crippen LogP contribution in [0.15, 0.2) is 12.1 Å². The molecule has 8 heteroatoms. The van der Waals surface area contributed by atoms with E-state index in [1.54, 1.807) is 12.1 Å². The van der Waals surface area contributed by atoms with Crippen LogP contribution in [0.4, 0.5) is 11.4 Å². The van der Waals surface area contributed by atoms with Crippen LogP contribution in [-0.4, -0.2) is 80.9 Å². The number of aryl methyl sites for hydroxylation is 1. The summed E-state index contributed by atoms with van der Waals surface area (Å²) in [6.45, 7) is 11.2. The van der Waals surface area contributed by atoms with Crippen molar-refractivity contribution in [2.45, 2.75) is 6.92 Å². The predicted octanol–water partition coefficient (Wildman–Crippen LogP) is 0.897. The first-order valence-electron chi connectivity index (χ1n) is 8.82. The van der Waals surface area contributed by atoms with Crippen LogP contribution >= 0.6 is 0 Å². The molecule has 2 fully saturated rings. The van der Waals surface area contributed by atoms with E-state index in [2.05, 4.69) is 20.0 Å². The number of hydrogen-bond donors (Lipinski definition) is 1. The fourth-order valence-corrected chi connectivity index (χ4v) is 3.57. The van der Waals surface area contributed by atoms with E-state index in [4.69, 9.17) is 4.74 Å². The van der Waals surface area contributed by atoms with Crippen molar-refractivity contribution in [3.8, 4) is 5.75 Å². The van der Waals surface area contributed by atoms with Gasteiger partial charge in [0.25, 0.3) is 0 Å². The zero-order chi connectivity index (χ0) is 17.8. The average Bonchev–Trinajstić information content (AvgIpc) is 2.63. The van der Waals surface area contributed by atoms with Gasteiger partial charge in [-0.1, -0.05) is 0 Å². The number of ether oxygens (including phenoxy) is 1. The molecule has 2 saturated heterocycles. The molecule has 1 N–H and O–H groups in total. The Morgan fingerprint density at radius 2 is 1.76 bits per heavy atom. The molecule has 8 nitrogen and oxygen atoms in total. The smallest absolute Gasteiger partial charge is 0.311 e. The number of nitro groups is 1. The van der Waals surface area contributed by atoms with E-state index in [1.807, 2.05) is 6.92 Å². The maximum Gasteiger partial charge on any atom is 0.311 e. The average molecular weight is 349 g/mol. The van der Waals surface area contributed by atoms with Crippen molar-refractivity contribution in [3.63, 3.8) is 0 Å². The van der Waals surface area contributed by atoms with Gasteiger partial charge in [0.15, 0.2) is 5.75 Å². The maximum atomic E-state index is 11.1. The second kappa shape index (κ2) is 7.99. The van der Waals surface area contributed by atoms with Gasteiger partial charge in [-0.05, 0) is 12.5 Å². The zero-order valence-electron chi connectivity index (χ0n) is 15.0. The van der Waals surface area contributed by atoms with Gasteiger partial charge in [-0.2, -0.15) is 0 Å². The minimum Gasteiger partial charge on any atom is -0.490 e. The van der Waals surface area contributed by atoms with Gasteiger partial charge in [0.1, 0.15) is 0 Å². The van der Waals surface area contributed by atoms with E-state index in [1.165, 1.54) is 7.11 Å². The number of nitrogens with one attached hydrogen (secondary N) is 1. The van der Waals surface area contributed by atoms with Crippen molar-refractivity contribution in [1.29, 1.82) is 0 Å². The van der Waals surface area contributed by atoms with E-state index in [0.29, 0.717) is 5.75 Å². The summed E-state index contributed by atoms with van der Waals surface area (Å²) in [7, 11) is 1.48. The summed E-state index contributed by atoms with van der Waals surface area (Å²) in [6, 6.07) is 3.42. The highest BCUT2D eigenvalue weighted by Crippen LogP contribution is 2.34. The molecule has 0 aromatic heterocycles. The summed E-state index contributed by atoms with van der Waals surface area (Å²) in [6.07, 6.45) is 0. The van der Waals surface area contributed by atoms with Crippen LogP contribution in [0.25, 0.3) is 0 Å². The van der Waals surface area contributed by atoms with Crippen LogP contribution in [0.3, 0.4) is 0 Å². The number of rotatable bonds is 5. The fraction of sp³-hybridized carbons (Fsp3) is 0.647. The van der Waals surface area contributed by atoms with Gasteiger partial charge >= 0.3 is 5.69 Å². The van der Waals surface area contributed by atoms with E-state index in [9.17, 15) is 10.1 Å². The summed E-state index contributed by atoms with van der Waals surface area (Å²) in [5.74, 6) is 0.328. The van der Waals surface area contributed by atoms with Gasteiger partial charge in [0, 0.05) is 70.2 Å². The number of methoxy groups -OCH3 is 1. The van der Waals surface area contributed by atoms with Crippen molar-refractivity contribution in [1.82, 2.24) is 15.1 Å². The lowest BCUT2D eigenvalue weighted by molar-refractivity contribution is -0.385. The van der Waals surface area contributed by atoms with Crippen LogP contribution in [-0.2, 0) is 0 Å². The van der Waals surface area contributed by atoms with Crippen molar-refractivity contribution >= 4 is 11.4 Å². The topological polar surface area (TPSA) is 74.1 Å². The number of nitro benzene ring substituents is 1. The molecule has 1 aromatic carbocycles. The highest BCUT2D eigenvalue weighted by Gasteiger charge is 2.24. The van der Waals surface area contributed by atoms with Crippen LogP contribution in [0.5, 0.6) is 5.75 Å². The predicted molar refractivity (Wildman–Crippen MR) is 97.5 cm³/mol. The van der Waals surface area contributed by atoms with E-state index < -0.39 is 0 Å². The molecule has 0 radical (unpaired) electrons. The standard InChI is InChI=1S/C17H27N5O3/c1-14-11-16(22(23)24)17(25-2)12-15(14)21-9-7-20(8-10-21)13-19-5-3-18-4-6-19/h11-12,18H,3-10,13H2,1-2H3. The molecule has 0 spiro atoms. The minimum absolute atomic E-state index is 0.0288. The van der Waals surface area contributed by atoms with Crippen molar-refractivity contribution in [2.24, 2.45) is 0 Å². The molecule has 138 valence electrons. The SMILES string of the molecule is COc1cc(N2CCN(CN3CCNCC3)CC2)c(C)cc1[N+](=O)[O-]. The Balaban J connectivity index is 1.63. The van der Waals surface area contributed by atoms with E-state index >= 15 is 0 Å². The van der Waals surface area contributed by atoms with Gasteiger partial charge in [-0.25, -0.2) is 0 Å². The Morgan fingerprint density at radius 3 is 2.36 bits per heavy atom. The molecule has 3 rings (SSSR count). The van der Waals surface area contributed by atoms with Crippen LogP contribution in [0, 0.1) is 17.0 Å². The minimum atomic E-state index is -0.388. The van der Waals surface area contributed by atoms with Crippen molar-refractivity contribution in [2.75, 3.05) is 71.0 Å². The molecule has 0 aliphatic carbocycles. The highest BCUT2D eigenvalue weighted by molar-refractivity contribution is 5.64. The molecular formula is C17H27N5O3. The Hall–Kier alpha value is -1.90. The second-order valence-corrected chi connectivity index (χ2v) is 6.68. The van der Waals surface area contributed by atoms with Crippen LogP contribution in [0.1, 0.15) is 5.56 Å². The monoisotopic (exact) mass is 349 g/mol. The van der Waals surface area contributed by atoms with Crippen LogP contribution in [0.2, 0.25) is 0 Å². The molecular weight excluding hydrogens is 322 g/mol. The first-order chi connectivity index (χ1) is 12.1. The largest absolute Gasteiger partial charge is 0.490 e. The Morgan fingerprint density at radius 1 is 1.12 bits per heavy atom. The van der Waals surface area contributed by atoms with Crippen LogP contribution < -0.4 is 15.0 Å². The Bertz CT molecular complexity index is 611. The number of nitrogens with zero attached hydrogens (tertiary/aromatic N) is 4. The van der Waals surface area contributed by atoms with E-state index in [-0.39, 0.29) is 10.6 Å². The van der Waals surface area contributed by atoms with E-state index in [0.717, 1.165) is 70.3 Å². The number of benzene rings is 1. The number of piperazine rings is 2. The van der Waals surface area contributed by atoms with Gasteiger partial charge in [-0.3, -0.25) is 19.9 Å². The first kappa shape index (κ1) is 17.9. The second-order valence-electron chi connectivity index (χ2n) is 6.68. The third-order valence-corrected chi connectivity index (χ3v) is 5.02. The van der Waals surface area contributed by atoms with Gasteiger partial charge in [-0.15, -0.1) is 0 Å². The first-order valence-corrected chi connectivity index (χ1v) is 8.82. The quantitative estimate of drug-likeness (QED) is 0.625. The summed E-state index contributed by atoms with van der Waals surface area (Å²) in [4.78, 5) is 18.0. The molecule has 0 saturated carbocycles. The third-order valence-electron chi connectivity index (χ3n) is 5.02. The molecule has 25 heavy (non-hydrogen) atoms. The normalized spacial score (nSPS) is 19.8. The maximum absolute atomic E-state index is 11.1. The number of hydrogen-bond acceptors (Lipinski definition) is 7. The fourth-order valence-electron chi connectivity index (χ4n) is 3.57. The molecule has 0 amide bonds. The molecule has 0 atom stereocenters. The van der Waals surface area contributed by atoms with Gasteiger partial charge in [0.2, 0.25) is 0 Å². The zero-order valence-corrected chi connectivity index (χ0v) is 15.0. The van der Waals surface area contributed by atoms with Crippen molar-refractivity contribution in [3.05, 3.63) is 27.8 Å². The highest BCUT2D eigenvalue weighted by atomic mass is 16.6. The summed E-state index contributed by atoms with van der Waals surface area (Å²) < 4.78 is 5.22. The lowest BCUT2D eigenvalue weighted by atomic mass is 10.1. The Labute approximate surface area is 148 Å². The lowest BCUT2D eigenvalue weighted by Crippen LogP contribution is -2.53.